The van der Waals surface area contributed by atoms with Crippen molar-refractivity contribution in [2.75, 3.05) is 19.4 Å². The van der Waals surface area contributed by atoms with Crippen molar-refractivity contribution < 1.29 is 14.3 Å². The fourth-order valence-electron chi connectivity index (χ4n) is 1.63. The molecule has 0 atom stereocenters. The lowest BCUT2D eigenvalue weighted by atomic mass is 10.1. The van der Waals surface area contributed by atoms with Crippen LogP contribution in [0.1, 0.15) is 10.5 Å². The van der Waals surface area contributed by atoms with Crippen molar-refractivity contribution in [3.63, 3.8) is 0 Å². The summed E-state index contributed by atoms with van der Waals surface area (Å²) in [5, 5.41) is 3.19. The van der Waals surface area contributed by atoms with Crippen LogP contribution in [0.2, 0.25) is 0 Å². The molecule has 6 nitrogen and oxygen atoms in total. The summed E-state index contributed by atoms with van der Waals surface area (Å²) in [6.07, 6.45) is 0. The molecule has 0 saturated carbocycles. The maximum atomic E-state index is 11.8. The topological polar surface area (TPSA) is 94.3 Å². The van der Waals surface area contributed by atoms with E-state index >= 15 is 0 Å². The summed E-state index contributed by atoms with van der Waals surface area (Å²) in [5.41, 5.74) is 7.13. The third-order valence-corrected chi connectivity index (χ3v) is 2.60. The average Bonchev–Trinajstić information content (AvgIpc) is 2.44. The van der Waals surface area contributed by atoms with E-state index in [1.807, 2.05) is 18.2 Å². The molecule has 0 aliphatic heterocycles. The Labute approximate surface area is 109 Å². The highest BCUT2D eigenvalue weighted by atomic mass is 16.5. The lowest BCUT2D eigenvalue weighted by molar-refractivity contribution is -0.139. The second kappa shape index (κ2) is 5.34. The van der Waals surface area contributed by atoms with Gasteiger partial charge in [-0.3, -0.25) is 9.59 Å². The monoisotopic (exact) mass is 259 g/mol. The lowest BCUT2D eigenvalue weighted by Gasteiger charge is -2.06. The normalized spacial score (nSPS) is 10.2. The first kappa shape index (κ1) is 12.8. The summed E-state index contributed by atoms with van der Waals surface area (Å²) in [4.78, 5) is 27.0. The maximum absolute atomic E-state index is 11.8. The van der Waals surface area contributed by atoms with Gasteiger partial charge in [0.15, 0.2) is 0 Å². The molecule has 1 amide bonds. The van der Waals surface area contributed by atoms with E-state index < -0.39 is 11.9 Å². The number of rotatable bonds is 3. The minimum absolute atomic E-state index is 0.167. The number of hydrogen-bond acceptors (Lipinski definition) is 5. The maximum Gasteiger partial charge on any atom is 0.325 e. The molecule has 6 heteroatoms. The Balaban J connectivity index is 2.25. The Morgan fingerprint density at radius 2 is 2.11 bits per heavy atom. The molecule has 1 aromatic carbocycles. The highest BCUT2D eigenvalue weighted by molar-refractivity contribution is 6.00. The van der Waals surface area contributed by atoms with Crippen LogP contribution in [0.3, 0.4) is 0 Å². The third-order valence-electron chi connectivity index (χ3n) is 2.60. The largest absolute Gasteiger partial charge is 0.468 e. The number of amides is 1. The van der Waals surface area contributed by atoms with E-state index in [-0.39, 0.29) is 12.2 Å². The average molecular weight is 259 g/mol. The van der Waals surface area contributed by atoms with Gasteiger partial charge in [0.2, 0.25) is 0 Å². The number of benzene rings is 1. The van der Waals surface area contributed by atoms with Crippen LogP contribution in [-0.2, 0) is 9.53 Å². The number of nitrogens with zero attached hydrogens (tertiary/aromatic N) is 1. The van der Waals surface area contributed by atoms with Gasteiger partial charge in [-0.15, -0.1) is 0 Å². The molecule has 0 saturated heterocycles. The first-order valence-corrected chi connectivity index (χ1v) is 5.62. The molecule has 0 unspecified atom stereocenters. The number of nitrogens with one attached hydrogen (secondary N) is 1. The van der Waals surface area contributed by atoms with E-state index in [9.17, 15) is 9.59 Å². The Bertz CT molecular complexity index is 640. The molecule has 0 aliphatic rings. The molecule has 0 radical (unpaired) electrons. The number of fused-ring (bicyclic) bond motifs is 1. The Kier molecular flexibility index (Phi) is 3.61. The zero-order valence-corrected chi connectivity index (χ0v) is 10.3. The lowest BCUT2D eigenvalue weighted by Crippen LogP contribution is -2.30. The predicted octanol–water partition coefficient (Wildman–Crippen LogP) is 0.720. The first-order valence-electron chi connectivity index (χ1n) is 5.62. The van der Waals surface area contributed by atoms with E-state index in [1.54, 1.807) is 6.07 Å². The molecular weight excluding hydrogens is 246 g/mol. The second-order valence-corrected chi connectivity index (χ2v) is 3.87. The number of anilines is 1. The van der Waals surface area contributed by atoms with E-state index in [0.29, 0.717) is 11.2 Å². The van der Waals surface area contributed by atoms with E-state index in [2.05, 4.69) is 15.0 Å². The molecule has 2 aromatic rings. The highest BCUT2D eigenvalue weighted by Crippen LogP contribution is 2.19. The smallest absolute Gasteiger partial charge is 0.325 e. The van der Waals surface area contributed by atoms with Gasteiger partial charge >= 0.3 is 5.97 Å². The zero-order chi connectivity index (χ0) is 13.8. The van der Waals surface area contributed by atoms with Gasteiger partial charge in [0, 0.05) is 11.1 Å². The van der Waals surface area contributed by atoms with Crippen molar-refractivity contribution in [3.05, 3.63) is 36.0 Å². The van der Waals surface area contributed by atoms with E-state index in [0.717, 1.165) is 5.39 Å². The molecule has 2 rings (SSSR count). The minimum atomic E-state index is -0.526. The Morgan fingerprint density at radius 1 is 1.37 bits per heavy atom. The quantitative estimate of drug-likeness (QED) is 0.792. The number of pyridine rings is 1. The number of nitrogen functional groups attached to an aromatic ring is 1. The van der Waals surface area contributed by atoms with Crippen LogP contribution in [0.4, 0.5) is 5.69 Å². The van der Waals surface area contributed by atoms with Crippen molar-refractivity contribution in [2.24, 2.45) is 0 Å². The fraction of sp³-hybridized carbons (Fsp3) is 0.154. The zero-order valence-electron chi connectivity index (χ0n) is 10.3. The molecule has 3 N–H and O–H groups in total. The van der Waals surface area contributed by atoms with E-state index in [1.165, 1.54) is 13.2 Å². The van der Waals surface area contributed by atoms with Crippen LogP contribution in [0, 0.1) is 0 Å². The van der Waals surface area contributed by atoms with Gasteiger partial charge in [-0.2, -0.15) is 0 Å². The molecule has 19 heavy (non-hydrogen) atoms. The molecule has 0 spiro atoms. The summed E-state index contributed by atoms with van der Waals surface area (Å²) >= 11 is 0. The Morgan fingerprint density at radius 3 is 2.84 bits per heavy atom. The number of ether oxygens (including phenoxy) is 1. The summed E-state index contributed by atoms with van der Waals surface area (Å²) in [6, 6.07) is 8.73. The number of methoxy groups -OCH3 is 1. The summed E-state index contributed by atoms with van der Waals surface area (Å²) in [5.74, 6) is -0.995. The SMILES string of the molecule is COC(=O)CNC(=O)c1cc(N)c2ccccc2n1. The number of para-hydroxylation sites is 1. The molecule has 1 heterocycles. The van der Waals surface area contributed by atoms with Crippen molar-refractivity contribution in [3.8, 4) is 0 Å². The van der Waals surface area contributed by atoms with Gasteiger partial charge in [0.05, 0.1) is 12.6 Å². The second-order valence-electron chi connectivity index (χ2n) is 3.87. The fourth-order valence-corrected chi connectivity index (χ4v) is 1.63. The van der Waals surface area contributed by atoms with Crippen LogP contribution in [0.25, 0.3) is 10.9 Å². The molecule has 0 aliphatic carbocycles. The van der Waals surface area contributed by atoms with Crippen LogP contribution >= 0.6 is 0 Å². The Hall–Kier alpha value is -2.63. The van der Waals surface area contributed by atoms with Crippen molar-refractivity contribution in [2.45, 2.75) is 0 Å². The minimum Gasteiger partial charge on any atom is -0.468 e. The summed E-state index contributed by atoms with van der Waals surface area (Å²) < 4.78 is 4.43. The molecule has 1 aromatic heterocycles. The van der Waals surface area contributed by atoms with Crippen LogP contribution in [-0.4, -0.2) is 30.5 Å². The van der Waals surface area contributed by atoms with Crippen LogP contribution in [0.5, 0.6) is 0 Å². The molecule has 0 bridgehead atoms. The van der Waals surface area contributed by atoms with Gasteiger partial charge in [0.1, 0.15) is 12.2 Å². The first-order chi connectivity index (χ1) is 9.11. The number of nitrogens with two attached hydrogens (primary N) is 1. The number of aromatic nitrogens is 1. The van der Waals surface area contributed by atoms with Gasteiger partial charge < -0.3 is 15.8 Å². The molecule has 0 fully saturated rings. The predicted molar refractivity (Wildman–Crippen MR) is 70.5 cm³/mol. The molecular formula is C13H13N3O3. The van der Waals surface area contributed by atoms with Crippen LogP contribution < -0.4 is 11.1 Å². The van der Waals surface area contributed by atoms with Crippen molar-refractivity contribution in [1.82, 2.24) is 10.3 Å². The molecule has 98 valence electrons. The van der Waals surface area contributed by atoms with Crippen LogP contribution in [0.15, 0.2) is 30.3 Å². The standard InChI is InChI=1S/C13H13N3O3/c1-19-12(17)7-15-13(18)11-6-9(14)8-4-2-3-5-10(8)16-11/h2-6H,7H2,1H3,(H2,14,16)(H,15,18). The number of carbonyl (C=O) groups is 2. The number of hydrogen-bond donors (Lipinski definition) is 2. The third kappa shape index (κ3) is 2.79. The van der Waals surface area contributed by atoms with Crippen molar-refractivity contribution >= 4 is 28.5 Å². The summed E-state index contributed by atoms with van der Waals surface area (Å²) in [7, 11) is 1.25. The van der Waals surface area contributed by atoms with Gasteiger partial charge in [0.25, 0.3) is 5.91 Å². The highest BCUT2D eigenvalue weighted by Gasteiger charge is 2.11. The van der Waals surface area contributed by atoms with Gasteiger partial charge in [-0.1, -0.05) is 18.2 Å². The number of esters is 1. The number of carbonyl (C=O) groups excluding carboxylic acids is 2. The van der Waals surface area contributed by atoms with Gasteiger partial charge in [-0.05, 0) is 12.1 Å². The summed E-state index contributed by atoms with van der Waals surface area (Å²) in [6.45, 7) is -0.205. The van der Waals surface area contributed by atoms with Crippen molar-refractivity contribution in [1.29, 1.82) is 0 Å². The van der Waals surface area contributed by atoms with E-state index in [4.69, 9.17) is 5.73 Å². The van der Waals surface area contributed by atoms with Gasteiger partial charge in [-0.25, -0.2) is 4.98 Å².